The molecule has 0 radical (unpaired) electrons. The summed E-state index contributed by atoms with van der Waals surface area (Å²) >= 11 is 0. The molecule has 0 atom stereocenters. The van der Waals surface area contributed by atoms with Gasteiger partial charge in [0.15, 0.2) is 0 Å². The highest BCUT2D eigenvalue weighted by Crippen LogP contribution is 2.40. The SMILES string of the molecule is C=CC(=O)Nc1cc(-c2c(-c3ccc(N4CCN(C)CC4)cc3)[nH]c3ncc(/C(C=NC)=C/N)cc23)ccc1C. The number of hydrogen-bond acceptors (Lipinski definition) is 6. The average Bonchev–Trinajstić information content (AvgIpc) is 3.36. The van der Waals surface area contributed by atoms with E-state index in [-0.39, 0.29) is 5.91 Å². The molecule has 5 rings (SSSR count). The molecule has 4 aromatic rings. The minimum atomic E-state index is -0.251. The van der Waals surface area contributed by atoms with Crippen molar-refractivity contribution in [3.8, 4) is 22.4 Å². The van der Waals surface area contributed by atoms with Gasteiger partial charge in [-0.05, 0) is 61.0 Å². The van der Waals surface area contributed by atoms with Crippen molar-refractivity contribution in [1.29, 1.82) is 0 Å². The summed E-state index contributed by atoms with van der Waals surface area (Å²) in [6.45, 7) is 9.70. The zero-order valence-corrected chi connectivity index (χ0v) is 23.2. The van der Waals surface area contributed by atoms with Crippen LogP contribution in [-0.4, -0.2) is 67.3 Å². The van der Waals surface area contributed by atoms with E-state index in [1.54, 1.807) is 19.5 Å². The molecule has 2 aromatic heterocycles. The van der Waals surface area contributed by atoms with Crippen molar-refractivity contribution in [3.63, 3.8) is 0 Å². The number of nitrogens with one attached hydrogen (secondary N) is 2. The second-order valence-corrected chi connectivity index (χ2v) is 10.1. The first-order chi connectivity index (χ1) is 19.4. The minimum absolute atomic E-state index is 0.251. The smallest absolute Gasteiger partial charge is 0.247 e. The Morgan fingerprint density at radius 2 is 1.82 bits per heavy atom. The van der Waals surface area contributed by atoms with Gasteiger partial charge >= 0.3 is 0 Å². The number of H-pyrrole nitrogens is 1. The van der Waals surface area contributed by atoms with Gasteiger partial charge in [-0.15, -0.1) is 0 Å². The molecular formula is C32H35N7O. The topological polar surface area (TPSA) is 103 Å². The Kier molecular flexibility index (Phi) is 7.79. The van der Waals surface area contributed by atoms with Crippen LogP contribution in [0.5, 0.6) is 0 Å². The molecule has 0 bridgehead atoms. The van der Waals surface area contributed by atoms with Gasteiger partial charge in [0, 0.05) is 85.3 Å². The third kappa shape index (κ3) is 5.39. The molecule has 0 unspecified atom stereocenters. The number of rotatable bonds is 7. The molecule has 0 aliphatic carbocycles. The van der Waals surface area contributed by atoms with E-state index in [2.05, 4.69) is 75.1 Å². The molecule has 0 saturated carbocycles. The van der Waals surface area contributed by atoms with Gasteiger partial charge in [-0.3, -0.25) is 9.79 Å². The lowest BCUT2D eigenvalue weighted by molar-refractivity contribution is -0.111. The third-order valence-electron chi connectivity index (χ3n) is 7.43. The van der Waals surface area contributed by atoms with Crippen LogP contribution in [0, 0.1) is 6.92 Å². The number of allylic oxidation sites excluding steroid dienone is 1. The maximum Gasteiger partial charge on any atom is 0.247 e. The predicted molar refractivity (Wildman–Crippen MR) is 167 cm³/mol. The van der Waals surface area contributed by atoms with Crippen molar-refractivity contribution in [1.82, 2.24) is 14.9 Å². The summed E-state index contributed by atoms with van der Waals surface area (Å²) in [5.41, 5.74) is 15.2. The molecule has 0 spiro atoms. The number of likely N-dealkylation sites (N-methyl/N-ethyl adjacent to an activating group) is 1. The summed E-state index contributed by atoms with van der Waals surface area (Å²) in [4.78, 5) is 29.4. The number of carbonyl (C=O) groups is 1. The van der Waals surface area contributed by atoms with Gasteiger partial charge in [0.1, 0.15) is 5.65 Å². The van der Waals surface area contributed by atoms with Crippen molar-refractivity contribution in [2.75, 3.05) is 50.5 Å². The number of aromatic amines is 1. The van der Waals surface area contributed by atoms with Crippen LogP contribution < -0.4 is 16.0 Å². The van der Waals surface area contributed by atoms with E-state index < -0.39 is 0 Å². The Labute approximate surface area is 234 Å². The lowest BCUT2D eigenvalue weighted by Gasteiger charge is -2.34. The zero-order chi connectivity index (χ0) is 28.2. The Morgan fingerprint density at radius 3 is 2.50 bits per heavy atom. The number of aliphatic imine (C=N–C) groups is 1. The van der Waals surface area contributed by atoms with Crippen molar-refractivity contribution in [3.05, 3.63) is 84.7 Å². The normalized spacial score (nSPS) is 14.7. The highest BCUT2D eigenvalue weighted by molar-refractivity contribution is 6.12. The molecule has 1 amide bonds. The van der Waals surface area contributed by atoms with Gasteiger partial charge in [-0.25, -0.2) is 4.98 Å². The first-order valence-electron chi connectivity index (χ1n) is 13.4. The Bertz CT molecular complexity index is 1610. The minimum Gasteiger partial charge on any atom is -0.404 e. The number of hydrogen-bond donors (Lipinski definition) is 3. The number of nitrogens with two attached hydrogens (primary N) is 1. The summed E-state index contributed by atoms with van der Waals surface area (Å²) in [5, 5.41) is 3.89. The number of nitrogens with zero attached hydrogens (tertiary/aromatic N) is 4. The number of aryl methyl sites for hydroxylation is 1. The Hall–Kier alpha value is -4.69. The summed E-state index contributed by atoms with van der Waals surface area (Å²) in [7, 11) is 3.88. The molecule has 4 N–H and O–H groups in total. The molecule has 1 aliphatic rings. The monoisotopic (exact) mass is 533 g/mol. The van der Waals surface area contributed by atoms with Crippen molar-refractivity contribution in [2.24, 2.45) is 10.7 Å². The highest BCUT2D eigenvalue weighted by Gasteiger charge is 2.19. The predicted octanol–water partition coefficient (Wildman–Crippen LogP) is 5.08. The van der Waals surface area contributed by atoms with Crippen LogP contribution in [0.25, 0.3) is 39.0 Å². The molecule has 8 heteroatoms. The van der Waals surface area contributed by atoms with Crippen molar-refractivity contribution in [2.45, 2.75) is 6.92 Å². The van der Waals surface area contributed by atoms with Crippen LogP contribution in [0.15, 0.2) is 78.6 Å². The summed E-state index contributed by atoms with van der Waals surface area (Å²) in [6, 6.07) is 16.9. The number of anilines is 2. The molecule has 8 nitrogen and oxygen atoms in total. The number of fused-ring (bicyclic) bond motifs is 1. The standard InChI is InChI=1S/C32H35N7O/c1-5-29(40)36-28-17-23(7-6-21(28)2)30-27-16-24(25(18-33)19-34-3)20-35-32(27)37-31(30)22-8-10-26(11-9-22)39-14-12-38(4)13-15-39/h5-11,16-20H,1,12-15,33H2,2-4H3,(H,35,37)(H,36,40)/b25-18+,34-19?. The van der Waals surface area contributed by atoms with Gasteiger partial charge in [0.25, 0.3) is 0 Å². The number of piperazine rings is 1. The molecule has 1 saturated heterocycles. The second kappa shape index (κ2) is 11.6. The van der Waals surface area contributed by atoms with Crippen LogP contribution in [0.4, 0.5) is 11.4 Å². The number of carbonyl (C=O) groups excluding carboxylic acids is 1. The van der Waals surface area contributed by atoms with Gasteiger partial charge in [0.05, 0.1) is 5.69 Å². The van der Waals surface area contributed by atoms with E-state index in [1.165, 1.54) is 18.0 Å². The molecular weight excluding hydrogens is 498 g/mol. The van der Waals surface area contributed by atoms with Crippen LogP contribution in [0.2, 0.25) is 0 Å². The van der Waals surface area contributed by atoms with Gasteiger partial charge in [-0.1, -0.05) is 30.8 Å². The summed E-state index contributed by atoms with van der Waals surface area (Å²) < 4.78 is 0. The lowest BCUT2D eigenvalue weighted by atomic mass is 9.96. The molecule has 1 aliphatic heterocycles. The zero-order valence-electron chi connectivity index (χ0n) is 23.2. The molecule has 40 heavy (non-hydrogen) atoms. The van der Waals surface area contributed by atoms with Gasteiger partial charge < -0.3 is 25.8 Å². The maximum absolute atomic E-state index is 12.1. The highest BCUT2D eigenvalue weighted by atomic mass is 16.1. The third-order valence-corrected chi connectivity index (χ3v) is 7.43. The fraction of sp³-hybridized carbons (Fsp3) is 0.219. The quantitative estimate of drug-likeness (QED) is 0.227. The number of amides is 1. The number of aromatic nitrogens is 2. The maximum atomic E-state index is 12.1. The van der Waals surface area contributed by atoms with E-state index in [1.807, 2.05) is 19.1 Å². The molecule has 2 aromatic carbocycles. The van der Waals surface area contributed by atoms with Gasteiger partial charge in [-0.2, -0.15) is 0 Å². The second-order valence-electron chi connectivity index (χ2n) is 10.1. The fourth-order valence-corrected chi connectivity index (χ4v) is 5.10. The van der Waals surface area contributed by atoms with E-state index in [4.69, 9.17) is 10.7 Å². The first-order valence-corrected chi connectivity index (χ1v) is 13.4. The number of pyridine rings is 1. The molecule has 1 fully saturated rings. The fourth-order valence-electron chi connectivity index (χ4n) is 5.10. The van der Waals surface area contributed by atoms with Crippen LogP contribution in [0.3, 0.4) is 0 Å². The summed E-state index contributed by atoms with van der Waals surface area (Å²) in [5.74, 6) is -0.251. The van der Waals surface area contributed by atoms with E-state index in [0.717, 1.165) is 82.0 Å². The lowest BCUT2D eigenvalue weighted by Crippen LogP contribution is -2.44. The van der Waals surface area contributed by atoms with Crippen LogP contribution >= 0.6 is 0 Å². The largest absolute Gasteiger partial charge is 0.404 e. The Balaban J connectivity index is 1.65. The van der Waals surface area contributed by atoms with Crippen molar-refractivity contribution < 1.29 is 4.79 Å². The van der Waals surface area contributed by atoms with Gasteiger partial charge in [0.2, 0.25) is 5.91 Å². The number of benzene rings is 2. The van der Waals surface area contributed by atoms with E-state index in [0.29, 0.717) is 0 Å². The van der Waals surface area contributed by atoms with E-state index in [9.17, 15) is 4.79 Å². The van der Waals surface area contributed by atoms with Crippen LogP contribution in [-0.2, 0) is 4.79 Å². The van der Waals surface area contributed by atoms with E-state index >= 15 is 0 Å². The Morgan fingerprint density at radius 1 is 1.10 bits per heavy atom. The first kappa shape index (κ1) is 26.9. The molecule has 204 valence electrons. The van der Waals surface area contributed by atoms with Crippen LogP contribution in [0.1, 0.15) is 11.1 Å². The average molecular weight is 534 g/mol. The molecule has 3 heterocycles. The van der Waals surface area contributed by atoms with Crippen molar-refractivity contribution >= 4 is 40.1 Å². The summed E-state index contributed by atoms with van der Waals surface area (Å²) in [6.07, 6.45) is 6.34.